The van der Waals surface area contributed by atoms with Gasteiger partial charge in [0.1, 0.15) is 12.2 Å². The molecule has 0 heterocycles. The van der Waals surface area contributed by atoms with Crippen molar-refractivity contribution in [2.45, 2.75) is 111 Å². The first kappa shape index (κ1) is 30.8. The Labute approximate surface area is 240 Å². The molecular weight excluding hydrogens is 508 g/mol. The normalized spacial score (nSPS) is 41.0. The summed E-state index contributed by atoms with van der Waals surface area (Å²) in [5.41, 5.74) is 0.430. The summed E-state index contributed by atoms with van der Waals surface area (Å²) in [5.74, 6) is 0.401. The van der Waals surface area contributed by atoms with Crippen molar-refractivity contribution in [3.63, 3.8) is 0 Å². The molecule has 0 aliphatic heterocycles. The molecule has 40 heavy (non-hydrogen) atoms. The molecule has 7 heteroatoms. The summed E-state index contributed by atoms with van der Waals surface area (Å²) in [4.78, 5) is 37.1. The smallest absolute Gasteiger partial charge is 0.333 e. The Balaban J connectivity index is 1.63. The van der Waals surface area contributed by atoms with Crippen molar-refractivity contribution in [3.05, 3.63) is 24.3 Å². The molecule has 0 spiro atoms. The van der Waals surface area contributed by atoms with Crippen LogP contribution in [0.3, 0.4) is 0 Å². The van der Waals surface area contributed by atoms with E-state index in [1.165, 1.54) is 7.11 Å². The maximum atomic E-state index is 12.9. The molecule has 224 valence electrons. The van der Waals surface area contributed by atoms with Gasteiger partial charge in [-0.05, 0) is 106 Å². The highest BCUT2D eigenvalue weighted by Gasteiger charge is 2.66. The van der Waals surface area contributed by atoms with E-state index >= 15 is 0 Å². The summed E-state index contributed by atoms with van der Waals surface area (Å²) in [6.45, 7) is 17.7. The fourth-order valence-corrected chi connectivity index (χ4v) is 9.46. The summed E-state index contributed by atoms with van der Waals surface area (Å²) >= 11 is 0. The number of rotatable bonds is 8. The topological polar surface area (TPSA) is 99.1 Å². The highest BCUT2D eigenvalue weighted by atomic mass is 16.5. The Kier molecular flexibility index (Phi) is 8.95. The molecule has 6 unspecified atom stereocenters. The van der Waals surface area contributed by atoms with Crippen LogP contribution in [0.1, 0.15) is 92.4 Å². The van der Waals surface area contributed by atoms with E-state index in [4.69, 9.17) is 14.2 Å². The minimum absolute atomic E-state index is 0.0418. The van der Waals surface area contributed by atoms with Crippen molar-refractivity contribution < 1.29 is 33.7 Å². The highest BCUT2D eigenvalue weighted by molar-refractivity contribution is 5.87. The van der Waals surface area contributed by atoms with Crippen LogP contribution in [0.15, 0.2) is 24.3 Å². The molecule has 11 atom stereocenters. The molecule has 4 aliphatic rings. The molecule has 0 bridgehead atoms. The van der Waals surface area contributed by atoms with Crippen LogP contribution >= 0.6 is 0 Å². The third-order valence-corrected chi connectivity index (χ3v) is 11.7. The zero-order valence-corrected chi connectivity index (χ0v) is 25.4. The second kappa shape index (κ2) is 11.6. The second-order valence-corrected chi connectivity index (χ2v) is 13.9. The number of carbonyl (C=O) groups is 3. The average Bonchev–Trinajstić information content (AvgIpc) is 3.26. The number of fused-ring (bicyclic) bond motifs is 5. The standard InChI is InChI=1S/C33H50O7/c1-18(2)30(36)39-22-13-14-32(6)21(15-22)16-26(40-31(37)19(3)4)29-24-11-10-23(20(5)9-12-28(35)38-8)33(24,7)27(34)17-25(29)32/h20-27,29,34H,1,3,9-17H2,2,4-8H3/t20?,21?,22-,23?,24?,25?,26-,27+,29?,32+,33-/m1/s1. The van der Waals surface area contributed by atoms with Gasteiger partial charge >= 0.3 is 17.9 Å². The first-order chi connectivity index (χ1) is 18.7. The molecule has 0 amide bonds. The molecule has 0 aromatic rings. The lowest BCUT2D eigenvalue weighted by Crippen LogP contribution is -2.63. The van der Waals surface area contributed by atoms with Crippen LogP contribution in [-0.2, 0) is 28.6 Å². The molecule has 0 aromatic carbocycles. The fourth-order valence-electron chi connectivity index (χ4n) is 9.46. The third-order valence-electron chi connectivity index (χ3n) is 11.7. The van der Waals surface area contributed by atoms with Crippen LogP contribution < -0.4 is 0 Å². The van der Waals surface area contributed by atoms with Gasteiger partial charge in [-0.3, -0.25) is 4.79 Å². The number of methoxy groups -OCH3 is 1. The molecule has 4 fully saturated rings. The van der Waals surface area contributed by atoms with E-state index < -0.39 is 6.10 Å². The van der Waals surface area contributed by atoms with Gasteiger partial charge in [-0.15, -0.1) is 0 Å². The van der Waals surface area contributed by atoms with Crippen molar-refractivity contribution in [2.75, 3.05) is 7.11 Å². The van der Waals surface area contributed by atoms with Gasteiger partial charge in [0.2, 0.25) is 0 Å². The first-order valence-corrected chi connectivity index (χ1v) is 15.2. The Hall–Kier alpha value is -2.15. The van der Waals surface area contributed by atoms with Crippen LogP contribution in [0.25, 0.3) is 0 Å². The molecule has 4 saturated carbocycles. The highest BCUT2D eigenvalue weighted by Crippen LogP contribution is 2.69. The monoisotopic (exact) mass is 558 g/mol. The number of aliphatic hydroxyl groups is 1. The SMILES string of the molecule is C=C(C)C(=O)O[C@@H]1CC[C@@]2(C)C(C1)C[C@@H](OC(=O)C(=C)C)C1C2C[C@H](O)[C@]2(C)C(C(C)CCC(=O)OC)CCC12. The average molecular weight is 559 g/mol. The molecule has 0 saturated heterocycles. The number of hydrogen-bond donors (Lipinski definition) is 1. The van der Waals surface area contributed by atoms with E-state index in [0.29, 0.717) is 24.0 Å². The van der Waals surface area contributed by atoms with Crippen molar-refractivity contribution >= 4 is 17.9 Å². The van der Waals surface area contributed by atoms with Crippen LogP contribution in [0.5, 0.6) is 0 Å². The maximum absolute atomic E-state index is 12.9. The Morgan fingerprint density at radius 1 is 0.950 bits per heavy atom. The van der Waals surface area contributed by atoms with E-state index in [9.17, 15) is 19.5 Å². The lowest BCUT2D eigenvalue weighted by Gasteiger charge is -2.64. The maximum Gasteiger partial charge on any atom is 0.333 e. The van der Waals surface area contributed by atoms with Gasteiger partial charge in [-0.25, -0.2) is 9.59 Å². The first-order valence-electron chi connectivity index (χ1n) is 15.2. The zero-order chi connectivity index (χ0) is 29.6. The van der Waals surface area contributed by atoms with E-state index in [-0.39, 0.29) is 76.5 Å². The Bertz CT molecular complexity index is 1030. The number of hydrogen-bond acceptors (Lipinski definition) is 7. The molecule has 4 rings (SSSR count). The van der Waals surface area contributed by atoms with E-state index in [2.05, 4.69) is 33.9 Å². The van der Waals surface area contributed by atoms with Gasteiger partial charge < -0.3 is 19.3 Å². The van der Waals surface area contributed by atoms with E-state index in [1.54, 1.807) is 13.8 Å². The predicted octanol–water partition coefficient (Wildman–Crippen LogP) is 5.79. The summed E-state index contributed by atoms with van der Waals surface area (Å²) < 4.78 is 16.9. The predicted molar refractivity (Wildman–Crippen MR) is 152 cm³/mol. The zero-order valence-electron chi connectivity index (χ0n) is 25.4. The summed E-state index contributed by atoms with van der Waals surface area (Å²) in [6.07, 6.45) is 5.97. The second-order valence-electron chi connectivity index (χ2n) is 13.9. The molecule has 0 radical (unpaired) electrons. The van der Waals surface area contributed by atoms with Gasteiger partial charge in [-0.2, -0.15) is 0 Å². The third kappa shape index (κ3) is 5.39. The number of ether oxygens (including phenoxy) is 3. The van der Waals surface area contributed by atoms with Crippen molar-refractivity contribution in [1.82, 2.24) is 0 Å². The van der Waals surface area contributed by atoms with Crippen molar-refractivity contribution in [2.24, 2.45) is 46.3 Å². The van der Waals surface area contributed by atoms with E-state index in [1.807, 2.05) is 0 Å². The summed E-state index contributed by atoms with van der Waals surface area (Å²) in [7, 11) is 1.42. The minimum atomic E-state index is -0.473. The van der Waals surface area contributed by atoms with Crippen LogP contribution in [0.4, 0.5) is 0 Å². The lowest BCUT2D eigenvalue weighted by atomic mass is 9.43. The molecule has 4 aliphatic carbocycles. The van der Waals surface area contributed by atoms with E-state index in [0.717, 1.165) is 44.9 Å². The Morgan fingerprint density at radius 3 is 2.23 bits per heavy atom. The Morgan fingerprint density at radius 2 is 1.60 bits per heavy atom. The summed E-state index contributed by atoms with van der Waals surface area (Å²) in [5, 5.41) is 11.9. The molecular formula is C33H50O7. The molecule has 1 N–H and O–H groups in total. The quantitative estimate of drug-likeness (QED) is 0.229. The number of aliphatic hydroxyl groups excluding tert-OH is 1. The van der Waals surface area contributed by atoms with Gasteiger partial charge in [0.05, 0.1) is 13.2 Å². The minimum Gasteiger partial charge on any atom is -0.469 e. The van der Waals surface area contributed by atoms with Gasteiger partial charge in [0.15, 0.2) is 0 Å². The lowest BCUT2D eigenvalue weighted by molar-refractivity contribution is -0.217. The number of carbonyl (C=O) groups excluding carboxylic acids is 3. The summed E-state index contributed by atoms with van der Waals surface area (Å²) in [6, 6.07) is 0. The number of esters is 3. The fraction of sp³-hybridized carbons (Fsp3) is 0.788. The molecule has 0 aromatic heterocycles. The van der Waals surface area contributed by atoms with Crippen molar-refractivity contribution in [3.8, 4) is 0 Å². The largest absolute Gasteiger partial charge is 0.469 e. The van der Waals surface area contributed by atoms with Gasteiger partial charge in [-0.1, -0.05) is 33.9 Å². The van der Waals surface area contributed by atoms with Crippen LogP contribution in [0.2, 0.25) is 0 Å². The van der Waals surface area contributed by atoms with Crippen LogP contribution in [0, 0.1) is 46.3 Å². The van der Waals surface area contributed by atoms with Crippen LogP contribution in [-0.4, -0.2) is 48.4 Å². The molecule has 7 nitrogen and oxygen atoms in total. The van der Waals surface area contributed by atoms with Gasteiger partial charge in [0, 0.05) is 23.5 Å². The van der Waals surface area contributed by atoms with Crippen molar-refractivity contribution in [1.29, 1.82) is 0 Å². The van der Waals surface area contributed by atoms with Gasteiger partial charge in [0.25, 0.3) is 0 Å².